The van der Waals surface area contributed by atoms with E-state index in [-0.39, 0.29) is 12.1 Å². The van der Waals surface area contributed by atoms with Crippen LogP contribution in [-0.4, -0.2) is 24.9 Å². The Kier molecular flexibility index (Phi) is 4.62. The van der Waals surface area contributed by atoms with E-state index in [1.807, 2.05) is 0 Å². The van der Waals surface area contributed by atoms with Crippen molar-refractivity contribution in [1.82, 2.24) is 0 Å². The van der Waals surface area contributed by atoms with Crippen LogP contribution in [0.5, 0.6) is 0 Å². The number of alkyl halides is 3. The molecule has 0 aromatic rings. The third kappa shape index (κ3) is 4.70. The Hall–Kier alpha value is -0.290. The van der Waals surface area contributed by atoms with E-state index in [0.717, 1.165) is 25.7 Å². The molecule has 2 atom stereocenters. The monoisotopic (exact) mass is 239 g/mol. The van der Waals surface area contributed by atoms with Crippen LogP contribution in [0.2, 0.25) is 0 Å². The average molecular weight is 239 g/mol. The summed E-state index contributed by atoms with van der Waals surface area (Å²) >= 11 is 0. The van der Waals surface area contributed by atoms with Crippen molar-refractivity contribution in [2.24, 2.45) is 11.7 Å². The summed E-state index contributed by atoms with van der Waals surface area (Å²) in [5, 5.41) is 0. The van der Waals surface area contributed by atoms with Gasteiger partial charge in [0.1, 0.15) is 6.61 Å². The molecule has 5 heteroatoms. The van der Waals surface area contributed by atoms with Crippen LogP contribution >= 0.6 is 0 Å². The molecule has 1 fully saturated rings. The van der Waals surface area contributed by atoms with Crippen molar-refractivity contribution in [3.63, 3.8) is 0 Å². The molecule has 0 heterocycles. The van der Waals surface area contributed by atoms with Crippen molar-refractivity contribution in [3.05, 3.63) is 0 Å². The lowest BCUT2D eigenvalue weighted by Crippen LogP contribution is -2.38. The maximum Gasteiger partial charge on any atom is 0.411 e. The van der Waals surface area contributed by atoms with E-state index in [1.165, 1.54) is 0 Å². The Morgan fingerprint density at radius 3 is 2.62 bits per heavy atom. The van der Waals surface area contributed by atoms with Gasteiger partial charge in [-0.15, -0.1) is 0 Å². The molecule has 0 saturated heterocycles. The molecule has 0 radical (unpaired) electrons. The summed E-state index contributed by atoms with van der Waals surface area (Å²) in [6.07, 6.45) is 0.303. The van der Waals surface area contributed by atoms with Gasteiger partial charge >= 0.3 is 6.18 Å². The first-order chi connectivity index (χ1) is 7.35. The van der Waals surface area contributed by atoms with E-state index in [2.05, 4.69) is 11.7 Å². The summed E-state index contributed by atoms with van der Waals surface area (Å²) in [6, 6.07) is 0. The van der Waals surface area contributed by atoms with Gasteiger partial charge in [0.05, 0.1) is 0 Å². The first-order valence-corrected chi connectivity index (χ1v) is 5.78. The van der Waals surface area contributed by atoms with Crippen LogP contribution in [0.25, 0.3) is 0 Å². The second kappa shape index (κ2) is 5.36. The number of hydrogen-bond donors (Lipinski definition) is 1. The number of ether oxygens (including phenoxy) is 1. The highest BCUT2D eigenvalue weighted by Crippen LogP contribution is 2.36. The molecule has 0 bridgehead atoms. The van der Waals surface area contributed by atoms with E-state index < -0.39 is 12.8 Å². The lowest BCUT2D eigenvalue weighted by Gasteiger charge is -2.24. The van der Waals surface area contributed by atoms with Crippen molar-refractivity contribution in [3.8, 4) is 0 Å². The standard InChI is InChI=1S/C11H20F3NO/c1-2-9-3-4-10(15,7-9)5-6-16-8-11(12,13)14/h9H,2-8,15H2,1H3. The third-order valence-electron chi connectivity index (χ3n) is 3.33. The smallest absolute Gasteiger partial charge is 0.372 e. The summed E-state index contributed by atoms with van der Waals surface area (Å²) in [4.78, 5) is 0. The van der Waals surface area contributed by atoms with Gasteiger partial charge in [-0.25, -0.2) is 0 Å². The first kappa shape index (κ1) is 13.8. The molecule has 2 nitrogen and oxygen atoms in total. The molecule has 1 saturated carbocycles. The van der Waals surface area contributed by atoms with Crippen LogP contribution in [-0.2, 0) is 4.74 Å². The fourth-order valence-electron chi connectivity index (χ4n) is 2.31. The summed E-state index contributed by atoms with van der Waals surface area (Å²) in [5.74, 6) is 0.632. The SMILES string of the molecule is CCC1CCC(N)(CCOCC(F)(F)F)C1. The number of halogens is 3. The highest BCUT2D eigenvalue weighted by molar-refractivity contribution is 4.92. The minimum atomic E-state index is -4.23. The Morgan fingerprint density at radius 1 is 1.44 bits per heavy atom. The number of rotatable bonds is 5. The van der Waals surface area contributed by atoms with E-state index in [4.69, 9.17) is 5.73 Å². The maximum absolute atomic E-state index is 11.8. The van der Waals surface area contributed by atoms with E-state index >= 15 is 0 Å². The fraction of sp³-hybridized carbons (Fsp3) is 1.00. The highest BCUT2D eigenvalue weighted by atomic mass is 19.4. The van der Waals surface area contributed by atoms with Gasteiger partial charge in [-0.1, -0.05) is 13.3 Å². The zero-order chi connectivity index (χ0) is 12.2. The van der Waals surface area contributed by atoms with Gasteiger partial charge in [0, 0.05) is 12.1 Å². The minimum Gasteiger partial charge on any atom is -0.372 e. The van der Waals surface area contributed by atoms with E-state index in [1.54, 1.807) is 0 Å². The van der Waals surface area contributed by atoms with Crippen LogP contribution in [0.3, 0.4) is 0 Å². The van der Waals surface area contributed by atoms with Crippen LogP contribution < -0.4 is 5.73 Å². The summed E-state index contributed by atoms with van der Waals surface area (Å²) in [6.45, 7) is 1.06. The predicted molar refractivity (Wildman–Crippen MR) is 56.0 cm³/mol. The zero-order valence-electron chi connectivity index (χ0n) is 9.65. The quantitative estimate of drug-likeness (QED) is 0.749. The molecule has 16 heavy (non-hydrogen) atoms. The number of hydrogen-bond acceptors (Lipinski definition) is 2. The molecule has 1 rings (SSSR count). The van der Waals surface area contributed by atoms with Crippen LogP contribution in [0.15, 0.2) is 0 Å². The third-order valence-corrected chi connectivity index (χ3v) is 3.33. The molecule has 1 aliphatic carbocycles. The highest BCUT2D eigenvalue weighted by Gasteiger charge is 2.35. The van der Waals surface area contributed by atoms with Crippen molar-refractivity contribution in [2.45, 2.75) is 50.7 Å². The Bertz CT molecular complexity index is 220. The maximum atomic E-state index is 11.8. The summed E-state index contributed by atoms with van der Waals surface area (Å²) in [5.41, 5.74) is 5.81. The molecular weight excluding hydrogens is 219 g/mol. The van der Waals surface area contributed by atoms with Gasteiger partial charge in [-0.3, -0.25) is 0 Å². The minimum absolute atomic E-state index is 0.104. The van der Waals surface area contributed by atoms with E-state index in [9.17, 15) is 13.2 Å². The summed E-state index contributed by atoms with van der Waals surface area (Å²) in [7, 11) is 0. The molecule has 1 aliphatic rings. The van der Waals surface area contributed by atoms with Crippen LogP contribution in [0.1, 0.15) is 39.0 Å². The van der Waals surface area contributed by atoms with Gasteiger partial charge in [0.2, 0.25) is 0 Å². The molecule has 0 spiro atoms. The molecular formula is C11H20F3NO. The average Bonchev–Trinajstić information content (AvgIpc) is 2.55. The molecule has 0 amide bonds. The zero-order valence-corrected chi connectivity index (χ0v) is 9.65. The fourth-order valence-corrected chi connectivity index (χ4v) is 2.31. The van der Waals surface area contributed by atoms with Gasteiger partial charge in [0.15, 0.2) is 0 Å². The molecule has 0 aromatic heterocycles. The first-order valence-electron chi connectivity index (χ1n) is 5.78. The van der Waals surface area contributed by atoms with Crippen molar-refractivity contribution < 1.29 is 17.9 Å². The van der Waals surface area contributed by atoms with Gasteiger partial charge in [-0.2, -0.15) is 13.2 Å². The van der Waals surface area contributed by atoms with Gasteiger partial charge in [0.25, 0.3) is 0 Å². The molecule has 96 valence electrons. The molecule has 2 N–H and O–H groups in total. The van der Waals surface area contributed by atoms with Gasteiger partial charge in [-0.05, 0) is 31.6 Å². The van der Waals surface area contributed by atoms with Crippen LogP contribution in [0, 0.1) is 5.92 Å². The van der Waals surface area contributed by atoms with Crippen molar-refractivity contribution >= 4 is 0 Å². The number of nitrogens with two attached hydrogens (primary N) is 1. The van der Waals surface area contributed by atoms with E-state index in [0.29, 0.717) is 12.3 Å². The van der Waals surface area contributed by atoms with Gasteiger partial charge < -0.3 is 10.5 Å². The topological polar surface area (TPSA) is 35.2 Å². The molecule has 0 aromatic carbocycles. The normalized spacial score (nSPS) is 30.9. The second-order valence-corrected chi connectivity index (χ2v) is 4.80. The lowest BCUT2D eigenvalue weighted by atomic mass is 9.93. The largest absolute Gasteiger partial charge is 0.411 e. The molecule has 0 aliphatic heterocycles. The Morgan fingerprint density at radius 2 is 2.12 bits per heavy atom. The Labute approximate surface area is 94.3 Å². The van der Waals surface area contributed by atoms with Crippen molar-refractivity contribution in [2.75, 3.05) is 13.2 Å². The Balaban J connectivity index is 2.18. The lowest BCUT2D eigenvalue weighted by molar-refractivity contribution is -0.174. The van der Waals surface area contributed by atoms with Crippen molar-refractivity contribution in [1.29, 1.82) is 0 Å². The second-order valence-electron chi connectivity index (χ2n) is 4.80. The summed E-state index contributed by atoms with van der Waals surface area (Å²) < 4.78 is 40.0. The predicted octanol–water partition coefficient (Wildman–Crippen LogP) is 2.86. The van der Waals surface area contributed by atoms with Crippen LogP contribution in [0.4, 0.5) is 13.2 Å². The molecule has 2 unspecified atom stereocenters.